The van der Waals surface area contributed by atoms with E-state index in [1.165, 1.54) is 37.3 Å². The number of aryl methyl sites for hydroxylation is 1. The minimum absolute atomic E-state index is 0.0248. The molecular formula is C33H43N3O7S. The number of sulfonamides is 1. The van der Waals surface area contributed by atoms with Crippen molar-refractivity contribution in [3.63, 3.8) is 0 Å². The maximum atomic E-state index is 14.3. The Morgan fingerprint density at radius 3 is 2.09 bits per heavy atom. The SMILES string of the molecule is CCCCNC(=O)C(CC)N(Cc1ccc(OC)cc1)C(=O)CN(c1ccc(OC)c(OC)c1)S(=O)(=O)c1ccc(C)cc1. The van der Waals surface area contributed by atoms with E-state index in [1.54, 1.807) is 43.5 Å². The number of nitrogens with zero attached hydrogens (tertiary/aromatic N) is 2. The van der Waals surface area contributed by atoms with Crippen molar-refractivity contribution in [2.24, 2.45) is 0 Å². The van der Waals surface area contributed by atoms with Gasteiger partial charge >= 0.3 is 0 Å². The van der Waals surface area contributed by atoms with E-state index >= 15 is 0 Å². The Bertz CT molecular complexity index is 1490. The molecular weight excluding hydrogens is 582 g/mol. The lowest BCUT2D eigenvalue weighted by molar-refractivity contribution is -0.140. The van der Waals surface area contributed by atoms with E-state index in [0.29, 0.717) is 30.2 Å². The Balaban J connectivity index is 2.09. The Morgan fingerprint density at radius 1 is 0.864 bits per heavy atom. The molecule has 0 saturated carbocycles. The van der Waals surface area contributed by atoms with E-state index in [2.05, 4.69) is 5.32 Å². The summed E-state index contributed by atoms with van der Waals surface area (Å²) in [7, 11) is 0.273. The van der Waals surface area contributed by atoms with Gasteiger partial charge in [-0.1, -0.05) is 50.1 Å². The molecule has 3 aromatic carbocycles. The molecule has 2 amide bonds. The van der Waals surface area contributed by atoms with Crippen LogP contribution >= 0.6 is 0 Å². The van der Waals surface area contributed by atoms with Crippen LogP contribution in [0, 0.1) is 6.92 Å². The Hall–Kier alpha value is -4.25. The molecule has 3 aromatic rings. The zero-order valence-corrected chi connectivity index (χ0v) is 27.1. The topological polar surface area (TPSA) is 114 Å². The monoisotopic (exact) mass is 625 g/mol. The summed E-state index contributed by atoms with van der Waals surface area (Å²) < 4.78 is 45.3. The Labute approximate surface area is 261 Å². The van der Waals surface area contributed by atoms with E-state index in [0.717, 1.165) is 28.3 Å². The summed E-state index contributed by atoms with van der Waals surface area (Å²) in [4.78, 5) is 29.1. The van der Waals surface area contributed by atoms with Crippen molar-refractivity contribution in [3.05, 3.63) is 77.9 Å². The molecule has 0 spiro atoms. The summed E-state index contributed by atoms with van der Waals surface area (Å²) in [6.45, 7) is 5.73. The second-order valence-electron chi connectivity index (χ2n) is 10.3. The van der Waals surface area contributed by atoms with E-state index in [-0.39, 0.29) is 23.0 Å². The number of unbranched alkanes of at least 4 members (excludes halogenated alkanes) is 1. The van der Waals surface area contributed by atoms with Gasteiger partial charge in [0.25, 0.3) is 10.0 Å². The van der Waals surface area contributed by atoms with Crippen LogP contribution < -0.4 is 23.8 Å². The minimum atomic E-state index is -4.22. The summed E-state index contributed by atoms with van der Waals surface area (Å²) >= 11 is 0. The molecule has 0 heterocycles. The number of carbonyl (C=O) groups excluding carboxylic acids is 2. The highest BCUT2D eigenvalue weighted by molar-refractivity contribution is 7.92. The number of amides is 2. The van der Waals surface area contributed by atoms with Crippen molar-refractivity contribution in [3.8, 4) is 17.2 Å². The zero-order valence-electron chi connectivity index (χ0n) is 26.3. The number of ether oxygens (including phenoxy) is 3. The van der Waals surface area contributed by atoms with Gasteiger partial charge in [-0.05, 0) is 61.7 Å². The van der Waals surface area contributed by atoms with Gasteiger partial charge in [-0.25, -0.2) is 8.42 Å². The number of anilines is 1. The number of rotatable bonds is 16. The van der Waals surface area contributed by atoms with Crippen LogP contribution in [0.25, 0.3) is 0 Å². The molecule has 0 aliphatic rings. The summed E-state index contributed by atoms with van der Waals surface area (Å²) in [5.74, 6) is 0.537. The number of nitrogens with one attached hydrogen (secondary N) is 1. The van der Waals surface area contributed by atoms with Gasteiger partial charge in [0.1, 0.15) is 18.3 Å². The molecule has 3 rings (SSSR count). The van der Waals surface area contributed by atoms with Gasteiger partial charge in [0.2, 0.25) is 11.8 Å². The average Bonchev–Trinajstić information content (AvgIpc) is 3.03. The second-order valence-corrected chi connectivity index (χ2v) is 12.2. The summed E-state index contributed by atoms with van der Waals surface area (Å²) in [5.41, 5.74) is 1.86. The van der Waals surface area contributed by atoms with Crippen LogP contribution in [0.4, 0.5) is 5.69 Å². The summed E-state index contributed by atoms with van der Waals surface area (Å²) in [6, 6.07) is 17.4. The summed E-state index contributed by atoms with van der Waals surface area (Å²) in [5, 5.41) is 2.93. The van der Waals surface area contributed by atoms with Crippen molar-refractivity contribution >= 4 is 27.5 Å². The van der Waals surface area contributed by atoms with E-state index < -0.39 is 28.5 Å². The Morgan fingerprint density at radius 2 is 1.52 bits per heavy atom. The molecule has 0 radical (unpaired) electrons. The summed E-state index contributed by atoms with van der Waals surface area (Å²) in [6.07, 6.45) is 2.04. The predicted molar refractivity (Wildman–Crippen MR) is 171 cm³/mol. The Kier molecular flexibility index (Phi) is 12.5. The molecule has 1 unspecified atom stereocenters. The van der Waals surface area contributed by atoms with Gasteiger partial charge in [-0.15, -0.1) is 0 Å². The van der Waals surface area contributed by atoms with Crippen LogP contribution in [0.5, 0.6) is 17.2 Å². The standard InChI is InChI=1S/C33H43N3O7S/c1-7-9-20-34-33(38)29(8-2)35(22-25-12-15-27(41-4)16-13-25)32(37)23-36(26-14-19-30(42-5)31(21-26)43-6)44(39,40)28-17-10-24(3)11-18-28/h10-19,21,29H,7-9,20,22-23H2,1-6H3,(H,34,38). The lowest BCUT2D eigenvalue weighted by Gasteiger charge is -2.33. The van der Waals surface area contributed by atoms with Gasteiger partial charge in [0.15, 0.2) is 11.5 Å². The molecule has 238 valence electrons. The van der Waals surface area contributed by atoms with E-state index in [1.807, 2.05) is 32.9 Å². The van der Waals surface area contributed by atoms with E-state index in [9.17, 15) is 18.0 Å². The van der Waals surface area contributed by atoms with Crippen LogP contribution in [0.15, 0.2) is 71.6 Å². The molecule has 11 heteroatoms. The third-order valence-corrected chi connectivity index (χ3v) is 9.06. The highest BCUT2D eigenvalue weighted by atomic mass is 32.2. The highest BCUT2D eigenvalue weighted by Crippen LogP contribution is 2.34. The largest absolute Gasteiger partial charge is 0.497 e. The van der Waals surface area contributed by atoms with Gasteiger partial charge in [0, 0.05) is 19.2 Å². The molecule has 0 aliphatic carbocycles. The van der Waals surface area contributed by atoms with Gasteiger partial charge in [-0.3, -0.25) is 13.9 Å². The molecule has 1 N–H and O–H groups in total. The first-order chi connectivity index (χ1) is 21.1. The molecule has 44 heavy (non-hydrogen) atoms. The van der Waals surface area contributed by atoms with Crippen LogP contribution in [-0.2, 0) is 26.2 Å². The van der Waals surface area contributed by atoms with Crippen molar-refractivity contribution in [2.75, 3.05) is 38.7 Å². The van der Waals surface area contributed by atoms with Crippen LogP contribution in [0.3, 0.4) is 0 Å². The van der Waals surface area contributed by atoms with E-state index in [4.69, 9.17) is 14.2 Å². The smallest absolute Gasteiger partial charge is 0.264 e. The van der Waals surface area contributed by atoms with Gasteiger partial charge < -0.3 is 24.4 Å². The highest BCUT2D eigenvalue weighted by Gasteiger charge is 2.34. The normalized spacial score (nSPS) is 11.8. The fourth-order valence-corrected chi connectivity index (χ4v) is 6.11. The fourth-order valence-electron chi connectivity index (χ4n) is 4.70. The lowest BCUT2D eigenvalue weighted by Crippen LogP contribution is -2.52. The third-order valence-electron chi connectivity index (χ3n) is 7.27. The number of carbonyl (C=O) groups is 2. The quantitative estimate of drug-likeness (QED) is 0.224. The maximum Gasteiger partial charge on any atom is 0.264 e. The molecule has 1 atom stereocenters. The van der Waals surface area contributed by atoms with Crippen molar-refractivity contribution in [1.29, 1.82) is 0 Å². The number of benzene rings is 3. The van der Waals surface area contributed by atoms with Crippen molar-refractivity contribution in [1.82, 2.24) is 10.2 Å². The first-order valence-corrected chi connectivity index (χ1v) is 16.0. The second kappa shape index (κ2) is 16.0. The molecule has 0 aliphatic heterocycles. The molecule has 0 aromatic heterocycles. The first kappa shape index (κ1) is 34.2. The van der Waals surface area contributed by atoms with Crippen molar-refractivity contribution in [2.45, 2.75) is 57.5 Å². The van der Waals surface area contributed by atoms with Crippen LogP contribution in [0.2, 0.25) is 0 Å². The molecule has 0 saturated heterocycles. The first-order valence-electron chi connectivity index (χ1n) is 14.6. The van der Waals surface area contributed by atoms with Gasteiger partial charge in [0.05, 0.1) is 31.9 Å². The van der Waals surface area contributed by atoms with Gasteiger partial charge in [-0.2, -0.15) is 0 Å². The lowest BCUT2D eigenvalue weighted by atomic mass is 10.1. The molecule has 0 bridgehead atoms. The van der Waals surface area contributed by atoms with Crippen molar-refractivity contribution < 1.29 is 32.2 Å². The third kappa shape index (κ3) is 8.43. The minimum Gasteiger partial charge on any atom is -0.497 e. The van der Waals surface area contributed by atoms with Crippen LogP contribution in [0.1, 0.15) is 44.2 Å². The zero-order chi connectivity index (χ0) is 32.3. The number of hydrogen-bond donors (Lipinski definition) is 1. The number of methoxy groups -OCH3 is 3. The number of hydrogen-bond acceptors (Lipinski definition) is 7. The average molecular weight is 626 g/mol. The molecule has 10 nitrogen and oxygen atoms in total. The fraction of sp³-hybridized carbons (Fsp3) is 0.394. The molecule has 0 fully saturated rings. The maximum absolute atomic E-state index is 14.3. The predicted octanol–water partition coefficient (Wildman–Crippen LogP) is 4.94. The van der Waals surface area contributed by atoms with Crippen LogP contribution in [-0.4, -0.2) is 65.6 Å².